The molecule has 0 N–H and O–H groups in total. The van der Waals surface area contributed by atoms with Crippen molar-refractivity contribution in [2.24, 2.45) is 0 Å². The Balaban J connectivity index is 4.51. The van der Waals surface area contributed by atoms with Crippen molar-refractivity contribution in [1.82, 2.24) is 0 Å². The van der Waals surface area contributed by atoms with Crippen molar-refractivity contribution in [3.63, 3.8) is 0 Å². The van der Waals surface area contributed by atoms with Gasteiger partial charge in [0.05, 0.1) is 0 Å². The van der Waals surface area contributed by atoms with Gasteiger partial charge in [-0.1, -0.05) is 188 Å². The molecule has 64 heavy (non-hydrogen) atoms. The second kappa shape index (κ2) is 51.7. The molecule has 0 aromatic heterocycles. The van der Waals surface area contributed by atoms with Crippen LogP contribution in [0.2, 0.25) is 0 Å². The molecule has 0 amide bonds. The summed E-state index contributed by atoms with van der Waals surface area (Å²) in [6.07, 6.45) is 69.3. The Kier molecular flexibility index (Phi) is 48.5. The van der Waals surface area contributed by atoms with E-state index in [2.05, 4.69) is 130 Å². The van der Waals surface area contributed by atoms with E-state index in [1.165, 1.54) is 32.1 Å². The standard InChI is InChI=1S/C58H94O6/c1-4-7-10-13-16-19-22-25-27-29-31-33-36-39-42-45-48-51-57(60)63-54-55(53-62-56(59)50-47-44-41-38-35-32-24-21-18-15-12-9-6-3)64-58(61)52-49-46-43-40-37-34-30-28-26-23-20-17-14-11-8-5-2/h7,9-10,12,16,18-21,23,25,27-28,30-33,35,55H,4-6,8,11,13-15,17,22,24,26,29,34,36-54H2,1-3H3/b10-7-,12-9-,19-16-,21-18-,23-20-,27-25-,30-28-,33-31-,35-32-. The van der Waals surface area contributed by atoms with Gasteiger partial charge in [0, 0.05) is 19.3 Å². The number of esters is 3. The molecule has 0 heterocycles. The second-order valence-corrected chi connectivity index (χ2v) is 16.7. The van der Waals surface area contributed by atoms with E-state index in [0.717, 1.165) is 148 Å². The van der Waals surface area contributed by atoms with Crippen molar-refractivity contribution < 1.29 is 28.6 Å². The number of ether oxygens (including phenoxy) is 3. The van der Waals surface area contributed by atoms with E-state index in [1.807, 2.05) is 0 Å². The van der Waals surface area contributed by atoms with Crippen molar-refractivity contribution in [2.75, 3.05) is 13.2 Å². The first-order chi connectivity index (χ1) is 31.5. The van der Waals surface area contributed by atoms with Crippen LogP contribution in [0.25, 0.3) is 0 Å². The van der Waals surface area contributed by atoms with Crippen molar-refractivity contribution >= 4 is 17.9 Å². The van der Waals surface area contributed by atoms with Gasteiger partial charge in [0.15, 0.2) is 6.10 Å². The molecule has 0 aliphatic carbocycles. The highest BCUT2D eigenvalue weighted by molar-refractivity contribution is 5.71. The smallest absolute Gasteiger partial charge is 0.306 e. The first-order valence-electron chi connectivity index (χ1n) is 25.9. The molecule has 0 fully saturated rings. The summed E-state index contributed by atoms with van der Waals surface area (Å²) in [5.41, 5.74) is 0. The minimum atomic E-state index is -0.809. The number of carbonyl (C=O) groups is 3. The van der Waals surface area contributed by atoms with Crippen LogP contribution < -0.4 is 0 Å². The van der Waals surface area contributed by atoms with Gasteiger partial charge >= 0.3 is 17.9 Å². The zero-order valence-corrected chi connectivity index (χ0v) is 41.3. The molecule has 1 unspecified atom stereocenters. The maximum absolute atomic E-state index is 12.8. The summed E-state index contributed by atoms with van der Waals surface area (Å²) in [6, 6.07) is 0. The Morgan fingerprint density at radius 2 is 0.609 bits per heavy atom. The SMILES string of the molecule is CC/C=C\C/C=C\C/C=C\C/C=C\CCCCCCC(=O)OCC(COC(=O)CCCCC/C=C\C/C=C\C/C=C\CC)OC(=O)CCCCCCC/C=C\C/C=C\CCCCCC. The fraction of sp³-hybridized carbons (Fsp3) is 0.638. The third kappa shape index (κ3) is 49.1. The number of hydrogen-bond acceptors (Lipinski definition) is 6. The lowest BCUT2D eigenvalue weighted by molar-refractivity contribution is -0.167. The van der Waals surface area contributed by atoms with Crippen LogP contribution in [0.5, 0.6) is 0 Å². The van der Waals surface area contributed by atoms with Gasteiger partial charge in [0.25, 0.3) is 0 Å². The Hall–Kier alpha value is -3.93. The second-order valence-electron chi connectivity index (χ2n) is 16.7. The minimum Gasteiger partial charge on any atom is -0.462 e. The van der Waals surface area contributed by atoms with E-state index in [1.54, 1.807) is 0 Å². The van der Waals surface area contributed by atoms with Gasteiger partial charge in [-0.3, -0.25) is 14.4 Å². The van der Waals surface area contributed by atoms with Gasteiger partial charge in [0.1, 0.15) is 13.2 Å². The molecule has 0 saturated heterocycles. The molecule has 0 saturated carbocycles. The number of hydrogen-bond donors (Lipinski definition) is 0. The largest absolute Gasteiger partial charge is 0.462 e. The summed E-state index contributed by atoms with van der Waals surface area (Å²) in [7, 11) is 0. The molecule has 0 aromatic rings. The lowest BCUT2D eigenvalue weighted by Crippen LogP contribution is -2.30. The average Bonchev–Trinajstić information content (AvgIpc) is 3.29. The normalized spacial score (nSPS) is 13.0. The number of allylic oxidation sites excluding steroid dienone is 18. The molecular weight excluding hydrogens is 793 g/mol. The highest BCUT2D eigenvalue weighted by atomic mass is 16.6. The lowest BCUT2D eigenvalue weighted by Gasteiger charge is -2.18. The maximum Gasteiger partial charge on any atom is 0.306 e. The van der Waals surface area contributed by atoms with Crippen molar-refractivity contribution in [3.8, 4) is 0 Å². The Labute approximate surface area is 393 Å². The highest BCUT2D eigenvalue weighted by Crippen LogP contribution is 2.12. The Morgan fingerprint density at radius 3 is 0.969 bits per heavy atom. The molecule has 0 aliphatic rings. The van der Waals surface area contributed by atoms with Crippen LogP contribution in [-0.4, -0.2) is 37.2 Å². The molecule has 0 rings (SSSR count). The van der Waals surface area contributed by atoms with Crippen LogP contribution in [0.15, 0.2) is 109 Å². The van der Waals surface area contributed by atoms with Crippen LogP contribution >= 0.6 is 0 Å². The quantitative estimate of drug-likeness (QED) is 0.0262. The van der Waals surface area contributed by atoms with E-state index in [9.17, 15) is 14.4 Å². The van der Waals surface area contributed by atoms with Crippen molar-refractivity contribution in [3.05, 3.63) is 109 Å². The molecule has 6 nitrogen and oxygen atoms in total. The predicted molar refractivity (Wildman–Crippen MR) is 274 cm³/mol. The summed E-state index contributed by atoms with van der Waals surface area (Å²) in [5.74, 6) is -0.979. The minimum absolute atomic E-state index is 0.108. The van der Waals surface area contributed by atoms with Crippen molar-refractivity contribution in [1.29, 1.82) is 0 Å². The van der Waals surface area contributed by atoms with E-state index in [0.29, 0.717) is 19.3 Å². The van der Waals surface area contributed by atoms with Crippen LogP contribution in [-0.2, 0) is 28.6 Å². The van der Waals surface area contributed by atoms with Crippen LogP contribution in [0.1, 0.15) is 220 Å². The van der Waals surface area contributed by atoms with Gasteiger partial charge in [-0.05, 0) is 122 Å². The molecule has 0 aromatic carbocycles. The topological polar surface area (TPSA) is 78.9 Å². The zero-order chi connectivity index (χ0) is 46.5. The molecule has 1 atom stereocenters. The monoisotopic (exact) mass is 887 g/mol. The summed E-state index contributed by atoms with van der Waals surface area (Å²) in [4.78, 5) is 38.0. The van der Waals surface area contributed by atoms with Gasteiger partial charge in [-0.15, -0.1) is 0 Å². The zero-order valence-electron chi connectivity index (χ0n) is 41.3. The number of unbranched alkanes of at least 4 members (excludes halogenated alkanes) is 16. The van der Waals surface area contributed by atoms with E-state index in [4.69, 9.17) is 14.2 Å². The molecule has 6 heteroatoms. The fourth-order valence-corrected chi connectivity index (χ4v) is 6.65. The summed E-state index contributed by atoms with van der Waals surface area (Å²) in [5, 5.41) is 0. The Morgan fingerprint density at radius 1 is 0.328 bits per heavy atom. The fourth-order valence-electron chi connectivity index (χ4n) is 6.65. The van der Waals surface area contributed by atoms with Crippen LogP contribution in [0.3, 0.4) is 0 Å². The third-order valence-electron chi connectivity index (χ3n) is 10.5. The number of rotatable bonds is 45. The lowest BCUT2D eigenvalue weighted by atomic mass is 10.1. The maximum atomic E-state index is 12.8. The molecule has 0 aliphatic heterocycles. The highest BCUT2D eigenvalue weighted by Gasteiger charge is 2.19. The third-order valence-corrected chi connectivity index (χ3v) is 10.5. The van der Waals surface area contributed by atoms with Gasteiger partial charge in [-0.25, -0.2) is 0 Å². The van der Waals surface area contributed by atoms with Gasteiger partial charge < -0.3 is 14.2 Å². The van der Waals surface area contributed by atoms with Crippen LogP contribution in [0.4, 0.5) is 0 Å². The van der Waals surface area contributed by atoms with Crippen LogP contribution in [0, 0.1) is 0 Å². The van der Waals surface area contributed by atoms with E-state index in [-0.39, 0.29) is 31.1 Å². The summed E-state index contributed by atoms with van der Waals surface area (Å²) >= 11 is 0. The van der Waals surface area contributed by atoms with E-state index < -0.39 is 6.10 Å². The molecule has 0 radical (unpaired) electrons. The molecule has 0 bridgehead atoms. The van der Waals surface area contributed by atoms with Gasteiger partial charge in [0.2, 0.25) is 0 Å². The Bertz CT molecular complexity index is 1340. The average molecular weight is 887 g/mol. The molecule has 0 spiro atoms. The van der Waals surface area contributed by atoms with Gasteiger partial charge in [-0.2, -0.15) is 0 Å². The molecular formula is C58H94O6. The first-order valence-corrected chi connectivity index (χ1v) is 25.9. The molecule has 362 valence electrons. The predicted octanol–water partition coefficient (Wildman–Crippen LogP) is 17.1. The van der Waals surface area contributed by atoms with E-state index >= 15 is 0 Å². The first kappa shape index (κ1) is 60.1. The number of carbonyl (C=O) groups excluding carboxylic acids is 3. The summed E-state index contributed by atoms with van der Waals surface area (Å²) < 4.78 is 16.7. The van der Waals surface area contributed by atoms with Crippen molar-refractivity contribution in [2.45, 2.75) is 226 Å². The summed E-state index contributed by atoms with van der Waals surface area (Å²) in [6.45, 7) is 6.32.